The number of aromatic nitrogens is 1. The van der Waals surface area contributed by atoms with Gasteiger partial charge >= 0.3 is 0 Å². The van der Waals surface area contributed by atoms with Crippen molar-refractivity contribution in [2.75, 3.05) is 11.4 Å². The van der Waals surface area contributed by atoms with E-state index in [1.807, 2.05) is 6.20 Å². The van der Waals surface area contributed by atoms with Crippen LogP contribution in [-0.4, -0.2) is 17.6 Å². The normalized spacial score (nSPS) is 14.3. The first-order valence-corrected chi connectivity index (χ1v) is 8.74. The number of thiophene rings is 1. The number of hydrogen-bond donors (Lipinski definition) is 1. The molecule has 4 heteroatoms. The zero-order valence-electron chi connectivity index (χ0n) is 12.6. The fraction of sp³-hybridized carbons (Fsp3) is 0.471. The molecule has 21 heavy (non-hydrogen) atoms. The minimum atomic E-state index is 0.677. The highest BCUT2D eigenvalue weighted by Crippen LogP contribution is 2.32. The van der Waals surface area contributed by atoms with Crippen LogP contribution in [0.15, 0.2) is 35.2 Å². The van der Waals surface area contributed by atoms with E-state index in [9.17, 15) is 0 Å². The van der Waals surface area contributed by atoms with Crippen LogP contribution < -0.4 is 10.2 Å². The topological polar surface area (TPSA) is 28.2 Å². The molecule has 0 aliphatic heterocycles. The maximum atomic E-state index is 4.61. The van der Waals surface area contributed by atoms with E-state index in [0.29, 0.717) is 6.04 Å². The first-order valence-electron chi connectivity index (χ1n) is 7.80. The maximum Gasteiger partial charge on any atom is 0.129 e. The number of anilines is 1. The van der Waals surface area contributed by atoms with Gasteiger partial charge in [-0.15, -0.1) is 0 Å². The number of nitrogens with one attached hydrogen (secondary N) is 1. The standard InChI is InChI=1S/C17H23N3S/c1-2-7-18-11-14-5-8-19-17(10-14)20(16-3-4-16)12-15-6-9-21-13-15/h5-6,8-10,13,16,18H,2-4,7,11-12H2,1H3. The third kappa shape index (κ3) is 4.05. The van der Waals surface area contributed by atoms with Crippen molar-refractivity contribution in [2.45, 2.75) is 45.3 Å². The van der Waals surface area contributed by atoms with Crippen molar-refractivity contribution in [3.63, 3.8) is 0 Å². The fourth-order valence-electron chi connectivity index (χ4n) is 2.50. The lowest BCUT2D eigenvalue weighted by molar-refractivity contribution is 0.674. The van der Waals surface area contributed by atoms with Gasteiger partial charge < -0.3 is 10.2 Å². The lowest BCUT2D eigenvalue weighted by atomic mass is 10.2. The summed E-state index contributed by atoms with van der Waals surface area (Å²) < 4.78 is 0. The van der Waals surface area contributed by atoms with Gasteiger partial charge in [0.15, 0.2) is 0 Å². The van der Waals surface area contributed by atoms with Crippen molar-refractivity contribution >= 4 is 17.2 Å². The van der Waals surface area contributed by atoms with Crippen molar-refractivity contribution in [3.05, 3.63) is 46.3 Å². The summed E-state index contributed by atoms with van der Waals surface area (Å²) in [6.07, 6.45) is 5.71. The number of rotatable bonds is 8. The van der Waals surface area contributed by atoms with Gasteiger partial charge in [0.1, 0.15) is 5.82 Å². The van der Waals surface area contributed by atoms with Crippen LogP contribution >= 0.6 is 11.3 Å². The molecular weight excluding hydrogens is 278 g/mol. The molecule has 112 valence electrons. The van der Waals surface area contributed by atoms with Crippen molar-refractivity contribution < 1.29 is 0 Å². The predicted molar refractivity (Wildman–Crippen MR) is 89.8 cm³/mol. The summed E-state index contributed by atoms with van der Waals surface area (Å²) in [5.74, 6) is 1.12. The number of nitrogens with zero attached hydrogens (tertiary/aromatic N) is 2. The van der Waals surface area contributed by atoms with Crippen LogP contribution in [0.5, 0.6) is 0 Å². The van der Waals surface area contributed by atoms with Crippen LogP contribution in [0, 0.1) is 0 Å². The first-order chi connectivity index (χ1) is 10.4. The summed E-state index contributed by atoms with van der Waals surface area (Å²) in [4.78, 5) is 7.07. The Kier molecular flexibility index (Phi) is 4.88. The summed E-state index contributed by atoms with van der Waals surface area (Å²) in [6.45, 7) is 5.17. The molecule has 1 aliphatic rings. The SMILES string of the molecule is CCCNCc1ccnc(N(Cc2ccsc2)C2CC2)c1. The minimum Gasteiger partial charge on any atom is -0.349 e. The Morgan fingerprint density at radius 1 is 1.33 bits per heavy atom. The van der Waals surface area contributed by atoms with Gasteiger partial charge in [0.25, 0.3) is 0 Å². The molecule has 0 radical (unpaired) electrons. The summed E-state index contributed by atoms with van der Waals surface area (Å²) in [7, 11) is 0. The molecule has 0 atom stereocenters. The molecule has 1 N–H and O–H groups in total. The van der Waals surface area contributed by atoms with Crippen LogP contribution in [0.3, 0.4) is 0 Å². The molecule has 2 aromatic heterocycles. The van der Waals surface area contributed by atoms with Crippen LogP contribution in [0.2, 0.25) is 0 Å². The van der Waals surface area contributed by atoms with E-state index >= 15 is 0 Å². The summed E-state index contributed by atoms with van der Waals surface area (Å²) in [5.41, 5.74) is 2.72. The number of hydrogen-bond acceptors (Lipinski definition) is 4. The van der Waals surface area contributed by atoms with Gasteiger partial charge in [0, 0.05) is 25.3 Å². The molecule has 0 aromatic carbocycles. The van der Waals surface area contributed by atoms with Gasteiger partial charge in [-0.1, -0.05) is 6.92 Å². The van der Waals surface area contributed by atoms with Crippen molar-refractivity contribution in [1.29, 1.82) is 0 Å². The van der Waals surface area contributed by atoms with Crippen molar-refractivity contribution in [3.8, 4) is 0 Å². The fourth-order valence-corrected chi connectivity index (χ4v) is 3.16. The molecule has 1 saturated carbocycles. The molecule has 0 spiro atoms. The summed E-state index contributed by atoms with van der Waals surface area (Å²) >= 11 is 1.77. The van der Waals surface area contributed by atoms with E-state index in [1.165, 1.54) is 30.4 Å². The average molecular weight is 301 g/mol. The zero-order valence-corrected chi connectivity index (χ0v) is 13.4. The molecule has 1 aliphatic carbocycles. The molecule has 2 heterocycles. The smallest absolute Gasteiger partial charge is 0.129 e. The molecule has 3 rings (SSSR count). The van der Waals surface area contributed by atoms with E-state index in [0.717, 1.165) is 25.5 Å². The third-order valence-corrected chi connectivity index (χ3v) is 4.51. The monoisotopic (exact) mass is 301 g/mol. The van der Waals surface area contributed by atoms with E-state index < -0.39 is 0 Å². The van der Waals surface area contributed by atoms with Crippen LogP contribution in [-0.2, 0) is 13.1 Å². The van der Waals surface area contributed by atoms with Gasteiger partial charge in [-0.2, -0.15) is 11.3 Å². The highest BCUT2D eigenvalue weighted by Gasteiger charge is 2.30. The van der Waals surface area contributed by atoms with E-state index in [1.54, 1.807) is 11.3 Å². The van der Waals surface area contributed by atoms with Gasteiger partial charge in [0.2, 0.25) is 0 Å². The predicted octanol–water partition coefficient (Wildman–Crippen LogP) is 3.81. The largest absolute Gasteiger partial charge is 0.349 e. The summed E-state index contributed by atoms with van der Waals surface area (Å²) in [6, 6.07) is 7.25. The Hall–Kier alpha value is -1.39. The maximum absolute atomic E-state index is 4.61. The van der Waals surface area contributed by atoms with Gasteiger partial charge in [-0.25, -0.2) is 4.98 Å². The molecular formula is C17H23N3S. The van der Waals surface area contributed by atoms with Crippen molar-refractivity contribution in [2.24, 2.45) is 0 Å². The lowest BCUT2D eigenvalue weighted by Gasteiger charge is -2.23. The Labute approximate surface area is 131 Å². The highest BCUT2D eigenvalue weighted by atomic mass is 32.1. The van der Waals surface area contributed by atoms with Crippen LogP contribution in [0.1, 0.15) is 37.3 Å². The molecule has 0 bridgehead atoms. The summed E-state index contributed by atoms with van der Waals surface area (Å²) in [5, 5.41) is 7.85. The van der Waals surface area contributed by atoms with Crippen LogP contribution in [0.4, 0.5) is 5.82 Å². The van der Waals surface area contributed by atoms with Gasteiger partial charge in [0.05, 0.1) is 0 Å². The van der Waals surface area contributed by atoms with Crippen molar-refractivity contribution in [1.82, 2.24) is 10.3 Å². The molecule has 0 amide bonds. The Morgan fingerprint density at radius 3 is 2.95 bits per heavy atom. The average Bonchev–Trinajstić information content (AvgIpc) is 3.22. The third-order valence-electron chi connectivity index (χ3n) is 3.78. The van der Waals surface area contributed by atoms with E-state index in [-0.39, 0.29) is 0 Å². The molecule has 1 fully saturated rings. The van der Waals surface area contributed by atoms with E-state index in [2.05, 4.69) is 51.1 Å². The second-order valence-electron chi connectivity index (χ2n) is 5.69. The molecule has 0 unspecified atom stereocenters. The molecule has 0 saturated heterocycles. The van der Waals surface area contributed by atoms with E-state index in [4.69, 9.17) is 0 Å². The Morgan fingerprint density at radius 2 is 2.24 bits per heavy atom. The minimum absolute atomic E-state index is 0.677. The second-order valence-corrected chi connectivity index (χ2v) is 6.47. The van der Waals surface area contributed by atoms with Gasteiger partial charge in [-0.05, 0) is 65.9 Å². The lowest BCUT2D eigenvalue weighted by Crippen LogP contribution is -2.26. The zero-order chi connectivity index (χ0) is 14.5. The second kappa shape index (κ2) is 7.05. The van der Waals surface area contributed by atoms with Gasteiger partial charge in [-0.3, -0.25) is 0 Å². The number of pyridine rings is 1. The quantitative estimate of drug-likeness (QED) is 0.751. The van der Waals surface area contributed by atoms with Crippen LogP contribution in [0.25, 0.3) is 0 Å². The molecule has 2 aromatic rings. The Bertz CT molecular complexity index is 549. The molecule has 3 nitrogen and oxygen atoms in total. The first kappa shape index (κ1) is 14.5. The Balaban J connectivity index is 1.71. The highest BCUT2D eigenvalue weighted by molar-refractivity contribution is 7.07.